The molecular formula is C26H16ClN3O3S3. The van der Waals surface area contributed by atoms with Crippen molar-refractivity contribution >= 4 is 72.6 Å². The van der Waals surface area contributed by atoms with Gasteiger partial charge >= 0.3 is 0 Å². The number of benzene rings is 2. The number of anilines is 1. The Morgan fingerprint density at radius 3 is 2.61 bits per heavy atom. The van der Waals surface area contributed by atoms with Gasteiger partial charge in [0.15, 0.2) is 10.9 Å². The average Bonchev–Trinajstić information content (AvgIpc) is 3.66. The normalized spacial score (nSPS) is 15.9. The SMILES string of the molecule is Cc1nc(-c2ccccc2)sc1C(=O)C1=C(O)C(=O)N(c2nc3ccc(Cl)cc3s2)C1c1cccs1. The Morgan fingerprint density at radius 1 is 1.06 bits per heavy atom. The van der Waals surface area contributed by atoms with Gasteiger partial charge in [0.05, 0.1) is 26.4 Å². The minimum Gasteiger partial charge on any atom is -0.503 e. The van der Waals surface area contributed by atoms with E-state index < -0.39 is 23.5 Å². The van der Waals surface area contributed by atoms with E-state index in [1.807, 2.05) is 47.8 Å². The summed E-state index contributed by atoms with van der Waals surface area (Å²) in [7, 11) is 0. The molecule has 178 valence electrons. The minimum absolute atomic E-state index is 0.0334. The zero-order valence-electron chi connectivity index (χ0n) is 18.6. The molecule has 1 aliphatic heterocycles. The lowest BCUT2D eigenvalue weighted by molar-refractivity contribution is -0.117. The van der Waals surface area contributed by atoms with Crippen molar-refractivity contribution in [1.82, 2.24) is 9.97 Å². The van der Waals surface area contributed by atoms with E-state index >= 15 is 0 Å². The van der Waals surface area contributed by atoms with E-state index in [2.05, 4.69) is 9.97 Å². The second kappa shape index (κ2) is 8.94. The van der Waals surface area contributed by atoms with Gasteiger partial charge in [-0.2, -0.15) is 0 Å². The molecule has 10 heteroatoms. The molecule has 1 amide bonds. The number of carbonyl (C=O) groups is 2. The first-order valence-corrected chi connectivity index (χ1v) is 13.7. The first kappa shape index (κ1) is 23.1. The van der Waals surface area contributed by atoms with E-state index in [1.165, 1.54) is 38.9 Å². The molecule has 5 aromatic rings. The molecule has 0 spiro atoms. The standard InChI is InChI=1S/C26H16ClN3O3S3/c1-13-23(36-24(28-13)14-6-3-2-4-7-14)21(31)19-20(17-8-5-11-34-17)30(25(33)22(19)32)26-29-16-10-9-15(27)12-18(16)35-26/h2-12,20,32H,1H3. The number of aliphatic hydroxyl groups excluding tert-OH is 1. The summed E-state index contributed by atoms with van der Waals surface area (Å²) in [5.41, 5.74) is 2.16. The maximum atomic E-state index is 13.9. The maximum Gasteiger partial charge on any atom is 0.296 e. The Morgan fingerprint density at radius 2 is 1.86 bits per heavy atom. The smallest absolute Gasteiger partial charge is 0.296 e. The molecular weight excluding hydrogens is 534 g/mol. The van der Waals surface area contributed by atoms with Crippen LogP contribution in [0.3, 0.4) is 0 Å². The fourth-order valence-corrected chi connectivity index (χ4v) is 7.29. The molecule has 36 heavy (non-hydrogen) atoms. The number of hydrogen-bond donors (Lipinski definition) is 1. The zero-order chi connectivity index (χ0) is 25.0. The first-order chi connectivity index (χ1) is 17.4. The van der Waals surface area contributed by atoms with Crippen LogP contribution in [0.2, 0.25) is 5.02 Å². The van der Waals surface area contributed by atoms with Crippen LogP contribution in [-0.4, -0.2) is 26.8 Å². The second-order valence-corrected chi connectivity index (χ2v) is 11.5. The van der Waals surface area contributed by atoms with Crippen molar-refractivity contribution in [2.24, 2.45) is 0 Å². The van der Waals surface area contributed by atoms with Gasteiger partial charge in [-0.05, 0) is 36.6 Å². The molecule has 4 heterocycles. The van der Waals surface area contributed by atoms with Gasteiger partial charge < -0.3 is 5.11 Å². The molecule has 1 unspecified atom stereocenters. The Kier molecular flexibility index (Phi) is 5.72. The highest BCUT2D eigenvalue weighted by Crippen LogP contribution is 2.46. The Hall–Kier alpha value is -3.37. The number of aromatic nitrogens is 2. The van der Waals surface area contributed by atoms with Crippen LogP contribution in [0.4, 0.5) is 5.13 Å². The van der Waals surface area contributed by atoms with Crippen LogP contribution in [0.25, 0.3) is 20.8 Å². The van der Waals surface area contributed by atoms with E-state index in [0.29, 0.717) is 31.2 Å². The maximum absolute atomic E-state index is 13.9. The fourth-order valence-electron chi connectivity index (χ4n) is 4.17. The summed E-state index contributed by atoms with van der Waals surface area (Å²) in [5.74, 6) is -1.64. The van der Waals surface area contributed by atoms with E-state index in [4.69, 9.17) is 11.6 Å². The van der Waals surface area contributed by atoms with Crippen LogP contribution in [0.5, 0.6) is 0 Å². The number of hydrogen-bond acceptors (Lipinski definition) is 8. The summed E-state index contributed by atoms with van der Waals surface area (Å²) in [6.45, 7) is 1.76. The molecule has 1 aliphatic rings. The molecule has 6 nitrogen and oxygen atoms in total. The van der Waals surface area contributed by atoms with Crippen molar-refractivity contribution in [2.45, 2.75) is 13.0 Å². The van der Waals surface area contributed by atoms with Crippen LogP contribution in [0.15, 0.2) is 77.4 Å². The van der Waals surface area contributed by atoms with Gasteiger partial charge in [-0.15, -0.1) is 22.7 Å². The molecule has 3 aromatic heterocycles. The van der Waals surface area contributed by atoms with Crippen molar-refractivity contribution in [3.8, 4) is 10.6 Å². The van der Waals surface area contributed by atoms with Gasteiger partial charge in [0.25, 0.3) is 5.91 Å². The predicted molar refractivity (Wildman–Crippen MR) is 145 cm³/mol. The third-order valence-electron chi connectivity index (χ3n) is 5.83. The number of ketones is 1. The van der Waals surface area contributed by atoms with Gasteiger partial charge in [-0.25, -0.2) is 9.97 Å². The van der Waals surface area contributed by atoms with Gasteiger partial charge in [0.1, 0.15) is 11.0 Å². The van der Waals surface area contributed by atoms with Crippen molar-refractivity contribution in [1.29, 1.82) is 0 Å². The molecule has 0 saturated heterocycles. The number of nitrogens with zero attached hydrogens (tertiary/aromatic N) is 3. The van der Waals surface area contributed by atoms with E-state index in [-0.39, 0.29) is 5.57 Å². The Labute approximate surface area is 222 Å². The Balaban J connectivity index is 1.46. The van der Waals surface area contributed by atoms with Crippen LogP contribution in [-0.2, 0) is 4.79 Å². The number of thiophene rings is 1. The van der Waals surface area contributed by atoms with Crippen LogP contribution in [0, 0.1) is 6.92 Å². The second-order valence-electron chi connectivity index (χ2n) is 8.09. The van der Waals surface area contributed by atoms with Gasteiger partial charge in [0.2, 0.25) is 5.78 Å². The zero-order valence-corrected chi connectivity index (χ0v) is 21.8. The topological polar surface area (TPSA) is 83.4 Å². The van der Waals surface area contributed by atoms with Crippen molar-refractivity contribution in [2.75, 3.05) is 4.90 Å². The Bertz CT molecular complexity index is 1670. The number of amides is 1. The molecule has 0 bridgehead atoms. The number of thiazole rings is 2. The number of aryl methyl sites for hydroxylation is 1. The van der Waals surface area contributed by atoms with Crippen molar-refractivity contribution < 1.29 is 14.7 Å². The quantitative estimate of drug-likeness (QED) is 0.234. The molecule has 1 atom stereocenters. The number of halogens is 1. The largest absolute Gasteiger partial charge is 0.503 e. The lowest BCUT2D eigenvalue weighted by Crippen LogP contribution is -2.30. The lowest BCUT2D eigenvalue weighted by Gasteiger charge is -2.22. The van der Waals surface area contributed by atoms with Gasteiger partial charge in [-0.3, -0.25) is 14.5 Å². The van der Waals surface area contributed by atoms with Crippen molar-refractivity contribution in [3.63, 3.8) is 0 Å². The lowest BCUT2D eigenvalue weighted by atomic mass is 10.0. The van der Waals surface area contributed by atoms with E-state index in [0.717, 1.165) is 15.1 Å². The minimum atomic E-state index is -0.803. The fraction of sp³-hybridized carbons (Fsp3) is 0.0769. The van der Waals surface area contributed by atoms with Crippen LogP contribution < -0.4 is 4.90 Å². The molecule has 1 N–H and O–H groups in total. The van der Waals surface area contributed by atoms with Gasteiger partial charge in [0, 0.05) is 15.5 Å². The predicted octanol–water partition coefficient (Wildman–Crippen LogP) is 7.23. The number of carbonyl (C=O) groups excluding carboxylic acids is 2. The summed E-state index contributed by atoms with van der Waals surface area (Å²) < 4.78 is 0.806. The highest BCUT2D eigenvalue weighted by atomic mass is 35.5. The molecule has 0 aliphatic carbocycles. The van der Waals surface area contributed by atoms with E-state index in [1.54, 1.807) is 25.1 Å². The third kappa shape index (κ3) is 3.75. The number of aliphatic hydroxyl groups is 1. The number of rotatable bonds is 5. The monoisotopic (exact) mass is 549 g/mol. The molecule has 0 radical (unpaired) electrons. The summed E-state index contributed by atoms with van der Waals surface area (Å²) in [5, 5.41) is 14.6. The highest BCUT2D eigenvalue weighted by Gasteiger charge is 2.47. The molecule has 6 rings (SSSR count). The van der Waals surface area contributed by atoms with E-state index in [9.17, 15) is 14.7 Å². The molecule has 0 fully saturated rings. The average molecular weight is 550 g/mol. The number of Topliss-reactive ketones (excluding diaryl/α,β-unsaturated/α-hetero) is 1. The molecule has 0 saturated carbocycles. The third-order valence-corrected chi connectivity index (χ3v) is 9.22. The van der Waals surface area contributed by atoms with Crippen molar-refractivity contribution in [3.05, 3.63) is 97.8 Å². The molecule has 2 aromatic carbocycles. The summed E-state index contributed by atoms with van der Waals surface area (Å²) in [4.78, 5) is 39.1. The summed E-state index contributed by atoms with van der Waals surface area (Å²) in [6.07, 6.45) is 0. The van der Waals surface area contributed by atoms with Crippen LogP contribution >= 0.6 is 45.6 Å². The summed E-state index contributed by atoms with van der Waals surface area (Å²) >= 11 is 10.1. The van der Waals surface area contributed by atoms with Gasteiger partial charge in [-0.1, -0.05) is 59.3 Å². The first-order valence-electron chi connectivity index (χ1n) is 10.9. The summed E-state index contributed by atoms with van der Waals surface area (Å²) in [6, 6.07) is 17.8. The van der Waals surface area contributed by atoms with Crippen LogP contribution in [0.1, 0.15) is 26.3 Å². The number of fused-ring (bicyclic) bond motifs is 1. The highest BCUT2D eigenvalue weighted by molar-refractivity contribution is 7.22.